The summed E-state index contributed by atoms with van der Waals surface area (Å²) in [5.74, 6) is 0.117. The minimum atomic E-state index is -0.606. The zero-order chi connectivity index (χ0) is 22.3. The highest BCUT2D eigenvalue weighted by Gasteiger charge is 2.37. The van der Waals surface area contributed by atoms with Gasteiger partial charge in [-0.05, 0) is 38.7 Å². The van der Waals surface area contributed by atoms with Crippen LogP contribution in [-0.2, 0) is 16.1 Å². The fourth-order valence-electron chi connectivity index (χ4n) is 3.58. The van der Waals surface area contributed by atoms with Crippen LogP contribution in [0.3, 0.4) is 0 Å². The van der Waals surface area contributed by atoms with Gasteiger partial charge in [-0.15, -0.1) is 0 Å². The molecule has 0 aromatic heterocycles. The van der Waals surface area contributed by atoms with Crippen molar-refractivity contribution in [3.63, 3.8) is 0 Å². The smallest absolute Gasteiger partial charge is 0.410 e. The van der Waals surface area contributed by atoms with Crippen molar-refractivity contribution in [1.29, 1.82) is 0 Å². The molecule has 2 rings (SSSR count). The maximum atomic E-state index is 13.0. The number of ether oxygens (including phenoxy) is 2. The van der Waals surface area contributed by atoms with Crippen LogP contribution in [0.1, 0.15) is 46.6 Å². The Bertz CT molecular complexity index is 687. The van der Waals surface area contributed by atoms with Gasteiger partial charge in [0.2, 0.25) is 0 Å². The van der Waals surface area contributed by atoms with Crippen LogP contribution in [0.25, 0.3) is 0 Å². The number of carbonyl (C=O) groups is 2. The number of amides is 2. The van der Waals surface area contributed by atoms with Crippen LogP contribution in [0.2, 0.25) is 0 Å². The Morgan fingerprint density at radius 3 is 2.43 bits per heavy atom. The van der Waals surface area contributed by atoms with Gasteiger partial charge in [-0.25, -0.2) is 9.59 Å². The Kier molecular flexibility index (Phi) is 8.53. The Morgan fingerprint density at radius 2 is 1.87 bits per heavy atom. The van der Waals surface area contributed by atoms with Crippen LogP contribution in [0, 0.1) is 11.8 Å². The molecule has 0 saturated carbocycles. The Balaban J connectivity index is 2.12. The van der Waals surface area contributed by atoms with E-state index in [0.717, 1.165) is 5.56 Å². The first-order valence-electron chi connectivity index (χ1n) is 10.6. The second-order valence-electron chi connectivity index (χ2n) is 9.41. The van der Waals surface area contributed by atoms with Gasteiger partial charge < -0.3 is 24.4 Å². The van der Waals surface area contributed by atoms with Crippen molar-refractivity contribution < 1.29 is 24.2 Å². The van der Waals surface area contributed by atoms with Crippen molar-refractivity contribution >= 4 is 12.2 Å². The number of likely N-dealkylation sites (tertiary alicyclic amines) is 1. The summed E-state index contributed by atoms with van der Waals surface area (Å²) in [6.07, 6.45) is -0.212. The first kappa shape index (κ1) is 24.0. The second-order valence-corrected chi connectivity index (χ2v) is 9.41. The van der Waals surface area contributed by atoms with Crippen molar-refractivity contribution in [2.24, 2.45) is 11.8 Å². The molecule has 0 spiro atoms. The molecule has 0 unspecified atom stereocenters. The second kappa shape index (κ2) is 10.7. The first-order chi connectivity index (χ1) is 14.1. The summed E-state index contributed by atoms with van der Waals surface area (Å²) >= 11 is 0. The molecule has 1 heterocycles. The molecule has 2 amide bonds. The van der Waals surface area contributed by atoms with E-state index in [2.05, 4.69) is 0 Å². The highest BCUT2D eigenvalue weighted by molar-refractivity contribution is 5.70. The molecule has 1 aromatic carbocycles. The number of nitrogens with zero attached hydrogens (tertiary/aromatic N) is 2. The van der Waals surface area contributed by atoms with Gasteiger partial charge in [0.25, 0.3) is 0 Å². The largest absolute Gasteiger partial charge is 0.445 e. The Morgan fingerprint density at radius 1 is 1.20 bits per heavy atom. The number of aliphatic hydroxyl groups excluding tert-OH is 1. The summed E-state index contributed by atoms with van der Waals surface area (Å²) in [5.41, 5.74) is 0.313. The summed E-state index contributed by atoms with van der Waals surface area (Å²) in [6.45, 7) is 11.0. The van der Waals surface area contributed by atoms with E-state index in [-0.39, 0.29) is 31.1 Å². The number of piperidine rings is 1. The summed E-state index contributed by atoms with van der Waals surface area (Å²) in [6, 6.07) is 9.30. The van der Waals surface area contributed by atoms with Crippen LogP contribution in [0.15, 0.2) is 30.3 Å². The lowest BCUT2D eigenvalue weighted by Crippen LogP contribution is -2.56. The molecule has 7 heteroatoms. The van der Waals surface area contributed by atoms with Crippen LogP contribution in [0.4, 0.5) is 9.59 Å². The zero-order valence-electron chi connectivity index (χ0n) is 18.8. The van der Waals surface area contributed by atoms with E-state index in [0.29, 0.717) is 26.1 Å². The van der Waals surface area contributed by atoms with Gasteiger partial charge in [0, 0.05) is 32.2 Å². The fourth-order valence-corrected chi connectivity index (χ4v) is 3.58. The van der Waals surface area contributed by atoms with Crippen LogP contribution < -0.4 is 0 Å². The number of benzene rings is 1. The van der Waals surface area contributed by atoms with Gasteiger partial charge in [-0.2, -0.15) is 0 Å². The van der Waals surface area contributed by atoms with Gasteiger partial charge in [0.15, 0.2) is 0 Å². The van der Waals surface area contributed by atoms with Crippen molar-refractivity contribution in [2.45, 2.75) is 59.3 Å². The zero-order valence-corrected chi connectivity index (χ0v) is 18.8. The summed E-state index contributed by atoms with van der Waals surface area (Å²) in [5, 5.41) is 9.78. The minimum Gasteiger partial charge on any atom is -0.445 e. The van der Waals surface area contributed by atoms with E-state index in [1.54, 1.807) is 9.80 Å². The van der Waals surface area contributed by atoms with Crippen LogP contribution in [-0.4, -0.2) is 65.0 Å². The first-order valence-corrected chi connectivity index (χ1v) is 10.6. The van der Waals surface area contributed by atoms with E-state index in [9.17, 15) is 14.7 Å². The highest BCUT2D eigenvalue weighted by Crippen LogP contribution is 2.24. The quantitative estimate of drug-likeness (QED) is 0.755. The van der Waals surface area contributed by atoms with Gasteiger partial charge in [-0.1, -0.05) is 44.2 Å². The standard InChI is InChI=1S/C23H36N2O5/c1-17(2)12-25(22(28)29-16-18-9-7-6-8-10-18)20-11-19(15-26)13-24(14-20)21(27)30-23(3,4)5/h6-10,17,19-20,26H,11-16H2,1-5H3/t19-,20+/m1/s1. The topological polar surface area (TPSA) is 79.3 Å². The number of carbonyl (C=O) groups excluding carboxylic acids is 2. The van der Waals surface area contributed by atoms with E-state index < -0.39 is 17.8 Å². The fraction of sp³-hybridized carbons (Fsp3) is 0.652. The minimum absolute atomic E-state index is 0.0512. The number of hydrogen-bond acceptors (Lipinski definition) is 5. The van der Waals surface area contributed by atoms with E-state index in [1.165, 1.54) is 0 Å². The molecular formula is C23H36N2O5. The predicted molar refractivity (Wildman–Crippen MR) is 115 cm³/mol. The summed E-state index contributed by atoms with van der Waals surface area (Å²) in [7, 11) is 0. The van der Waals surface area contributed by atoms with E-state index >= 15 is 0 Å². The molecule has 168 valence electrons. The van der Waals surface area contributed by atoms with Crippen LogP contribution >= 0.6 is 0 Å². The summed E-state index contributed by atoms with van der Waals surface area (Å²) < 4.78 is 11.1. The molecule has 1 saturated heterocycles. The lowest BCUT2D eigenvalue weighted by molar-refractivity contribution is -0.00715. The molecule has 1 aliphatic rings. The molecule has 1 aromatic rings. The SMILES string of the molecule is CC(C)CN(C(=O)OCc1ccccc1)[C@H]1C[C@@H](CO)CN(C(=O)OC(C)(C)C)C1. The van der Waals surface area contributed by atoms with E-state index in [1.807, 2.05) is 65.0 Å². The molecule has 1 N–H and O–H groups in total. The highest BCUT2D eigenvalue weighted by atomic mass is 16.6. The molecular weight excluding hydrogens is 384 g/mol. The monoisotopic (exact) mass is 420 g/mol. The van der Waals surface area contributed by atoms with Gasteiger partial charge in [0.05, 0.1) is 6.04 Å². The predicted octanol–water partition coefficient (Wildman–Crippen LogP) is 3.90. The number of rotatable bonds is 6. The molecule has 0 radical (unpaired) electrons. The molecule has 0 aliphatic carbocycles. The number of hydrogen-bond donors (Lipinski definition) is 1. The Labute approximate surface area is 179 Å². The molecule has 1 fully saturated rings. The molecule has 7 nitrogen and oxygen atoms in total. The molecule has 30 heavy (non-hydrogen) atoms. The molecule has 1 aliphatic heterocycles. The average molecular weight is 421 g/mol. The maximum absolute atomic E-state index is 13.0. The third-order valence-electron chi connectivity index (χ3n) is 4.87. The van der Waals surface area contributed by atoms with Gasteiger partial charge in [0.1, 0.15) is 12.2 Å². The van der Waals surface area contributed by atoms with Gasteiger partial charge >= 0.3 is 12.2 Å². The third kappa shape index (κ3) is 7.52. The van der Waals surface area contributed by atoms with Crippen molar-refractivity contribution in [1.82, 2.24) is 9.80 Å². The summed E-state index contributed by atoms with van der Waals surface area (Å²) in [4.78, 5) is 28.9. The Hall–Kier alpha value is -2.28. The van der Waals surface area contributed by atoms with Crippen molar-refractivity contribution in [3.8, 4) is 0 Å². The van der Waals surface area contributed by atoms with Gasteiger partial charge in [-0.3, -0.25) is 0 Å². The lowest BCUT2D eigenvalue weighted by atomic mass is 9.93. The third-order valence-corrected chi connectivity index (χ3v) is 4.87. The lowest BCUT2D eigenvalue weighted by Gasteiger charge is -2.42. The van der Waals surface area contributed by atoms with Crippen molar-refractivity contribution in [3.05, 3.63) is 35.9 Å². The molecule has 0 bridgehead atoms. The van der Waals surface area contributed by atoms with Crippen molar-refractivity contribution in [2.75, 3.05) is 26.2 Å². The maximum Gasteiger partial charge on any atom is 0.410 e. The van der Waals surface area contributed by atoms with E-state index in [4.69, 9.17) is 9.47 Å². The van der Waals surface area contributed by atoms with Crippen LogP contribution in [0.5, 0.6) is 0 Å². The normalized spacial score (nSPS) is 19.5. The molecule has 2 atom stereocenters. The number of aliphatic hydroxyl groups is 1. The average Bonchev–Trinajstić information content (AvgIpc) is 2.69.